The zero-order valence-electron chi connectivity index (χ0n) is 19.0. The smallest absolute Gasteiger partial charge is 0.317 e. The summed E-state index contributed by atoms with van der Waals surface area (Å²) in [4.78, 5) is 30.8. The first-order valence-electron chi connectivity index (χ1n) is 11.7. The molecule has 2 aromatic carbocycles. The Balaban J connectivity index is 1.24. The van der Waals surface area contributed by atoms with Crippen molar-refractivity contribution in [1.29, 1.82) is 5.26 Å². The van der Waals surface area contributed by atoms with E-state index in [1.165, 1.54) is 5.56 Å². The van der Waals surface area contributed by atoms with E-state index in [-0.39, 0.29) is 11.9 Å². The SMILES string of the molecule is N#Cc1ccc(CN2CCCN(C(=O)NCc3cccc(CN4CCCC4=O)c3)CC2)cc1. The molecule has 0 aliphatic carbocycles. The highest BCUT2D eigenvalue weighted by Crippen LogP contribution is 2.15. The Morgan fingerprint density at radius 1 is 0.909 bits per heavy atom. The summed E-state index contributed by atoms with van der Waals surface area (Å²) in [5.41, 5.74) is 4.00. The van der Waals surface area contributed by atoms with E-state index >= 15 is 0 Å². The number of hydrogen-bond acceptors (Lipinski definition) is 4. The average Bonchev–Trinajstić information content (AvgIpc) is 3.09. The molecule has 3 amide bonds. The molecule has 1 N–H and O–H groups in total. The van der Waals surface area contributed by atoms with E-state index in [0.717, 1.165) is 56.7 Å². The molecular weight excluding hydrogens is 414 g/mol. The van der Waals surface area contributed by atoms with Crippen molar-refractivity contribution in [2.75, 3.05) is 32.7 Å². The summed E-state index contributed by atoms with van der Waals surface area (Å²) in [5.74, 6) is 0.225. The van der Waals surface area contributed by atoms with E-state index in [1.54, 1.807) is 0 Å². The number of nitrogens with zero attached hydrogens (tertiary/aromatic N) is 4. The Morgan fingerprint density at radius 3 is 2.48 bits per heavy atom. The normalized spacial score (nSPS) is 17.0. The van der Waals surface area contributed by atoms with Crippen molar-refractivity contribution in [3.8, 4) is 6.07 Å². The number of benzene rings is 2. The summed E-state index contributed by atoms with van der Waals surface area (Å²) in [5, 5.41) is 12.0. The van der Waals surface area contributed by atoms with Gasteiger partial charge in [-0.2, -0.15) is 5.26 Å². The Morgan fingerprint density at radius 2 is 1.73 bits per heavy atom. The molecule has 0 atom stereocenters. The largest absolute Gasteiger partial charge is 0.338 e. The number of rotatable bonds is 6. The zero-order valence-corrected chi connectivity index (χ0v) is 19.0. The lowest BCUT2D eigenvalue weighted by molar-refractivity contribution is -0.128. The van der Waals surface area contributed by atoms with Crippen molar-refractivity contribution in [3.63, 3.8) is 0 Å². The zero-order chi connectivity index (χ0) is 23.0. The standard InChI is InChI=1S/C26H31N5O2/c27-17-21-7-9-22(10-8-21)19-29-11-3-13-30(15-14-29)26(33)28-18-23-4-1-5-24(16-23)20-31-12-2-6-25(31)32/h1,4-5,7-10,16H,2-3,6,11-15,18-20H2,(H,28,33). The Hall–Kier alpha value is -3.37. The maximum atomic E-state index is 12.8. The van der Waals surface area contributed by atoms with Crippen LogP contribution < -0.4 is 5.32 Å². The van der Waals surface area contributed by atoms with E-state index in [9.17, 15) is 9.59 Å². The molecule has 33 heavy (non-hydrogen) atoms. The van der Waals surface area contributed by atoms with Gasteiger partial charge in [0.15, 0.2) is 0 Å². The van der Waals surface area contributed by atoms with Crippen LogP contribution in [0.25, 0.3) is 0 Å². The van der Waals surface area contributed by atoms with Gasteiger partial charge in [-0.1, -0.05) is 36.4 Å². The predicted octanol–water partition coefficient (Wildman–Crippen LogP) is 3.10. The first kappa shape index (κ1) is 22.8. The summed E-state index contributed by atoms with van der Waals surface area (Å²) in [6.07, 6.45) is 2.52. The lowest BCUT2D eigenvalue weighted by Gasteiger charge is -2.22. The highest BCUT2D eigenvalue weighted by molar-refractivity contribution is 5.78. The van der Waals surface area contributed by atoms with E-state index < -0.39 is 0 Å². The molecule has 2 saturated heterocycles. The topological polar surface area (TPSA) is 79.7 Å². The third-order valence-electron chi connectivity index (χ3n) is 6.34. The summed E-state index contributed by atoms with van der Waals surface area (Å²) < 4.78 is 0. The third kappa shape index (κ3) is 6.33. The van der Waals surface area contributed by atoms with Gasteiger partial charge in [0.1, 0.15) is 0 Å². The highest BCUT2D eigenvalue weighted by Gasteiger charge is 2.21. The number of nitrogens with one attached hydrogen (secondary N) is 1. The average molecular weight is 446 g/mol. The van der Waals surface area contributed by atoms with Crippen LogP contribution in [-0.4, -0.2) is 59.4 Å². The first-order chi connectivity index (χ1) is 16.1. The van der Waals surface area contributed by atoms with Gasteiger partial charge < -0.3 is 15.1 Å². The van der Waals surface area contributed by atoms with Crippen molar-refractivity contribution < 1.29 is 9.59 Å². The number of nitriles is 1. The molecule has 2 aliphatic heterocycles. The van der Waals surface area contributed by atoms with Gasteiger partial charge in [0, 0.05) is 58.8 Å². The molecule has 0 aromatic heterocycles. The van der Waals surface area contributed by atoms with E-state index in [2.05, 4.69) is 22.4 Å². The second-order valence-corrected chi connectivity index (χ2v) is 8.82. The minimum absolute atomic E-state index is 0.0321. The molecule has 0 unspecified atom stereocenters. The maximum absolute atomic E-state index is 12.8. The summed E-state index contributed by atoms with van der Waals surface area (Å²) in [6, 6.07) is 17.9. The van der Waals surface area contributed by atoms with Crippen LogP contribution in [0.1, 0.15) is 41.5 Å². The Kier molecular flexibility index (Phi) is 7.59. The van der Waals surface area contributed by atoms with Crippen molar-refractivity contribution >= 4 is 11.9 Å². The van der Waals surface area contributed by atoms with Crippen molar-refractivity contribution in [1.82, 2.24) is 20.0 Å². The highest BCUT2D eigenvalue weighted by atomic mass is 16.2. The number of likely N-dealkylation sites (tertiary alicyclic amines) is 1. The second kappa shape index (κ2) is 11.0. The molecule has 2 fully saturated rings. The lowest BCUT2D eigenvalue weighted by atomic mass is 10.1. The van der Waals surface area contributed by atoms with Gasteiger partial charge in [0.05, 0.1) is 11.6 Å². The van der Waals surface area contributed by atoms with E-state index in [0.29, 0.717) is 31.6 Å². The first-order valence-corrected chi connectivity index (χ1v) is 11.7. The molecule has 0 spiro atoms. The van der Waals surface area contributed by atoms with Gasteiger partial charge >= 0.3 is 6.03 Å². The maximum Gasteiger partial charge on any atom is 0.317 e. The number of carbonyl (C=O) groups is 2. The van der Waals surface area contributed by atoms with Gasteiger partial charge in [-0.3, -0.25) is 9.69 Å². The van der Waals surface area contributed by atoms with E-state index in [4.69, 9.17) is 5.26 Å². The number of hydrogen-bond donors (Lipinski definition) is 1. The van der Waals surface area contributed by atoms with E-state index in [1.807, 2.05) is 52.3 Å². The quantitative estimate of drug-likeness (QED) is 0.741. The fourth-order valence-electron chi connectivity index (χ4n) is 4.49. The van der Waals surface area contributed by atoms with Crippen LogP contribution in [-0.2, 0) is 24.4 Å². The molecule has 0 saturated carbocycles. The number of urea groups is 1. The minimum Gasteiger partial charge on any atom is -0.338 e. The number of carbonyl (C=O) groups excluding carboxylic acids is 2. The lowest BCUT2D eigenvalue weighted by Crippen LogP contribution is -2.41. The molecule has 0 bridgehead atoms. The molecule has 0 radical (unpaired) electrons. The molecular formula is C26H31N5O2. The molecule has 2 heterocycles. The van der Waals surface area contributed by atoms with Crippen molar-refractivity contribution in [3.05, 3.63) is 70.8 Å². The molecule has 4 rings (SSSR count). The van der Waals surface area contributed by atoms with Gasteiger partial charge in [-0.05, 0) is 41.7 Å². The van der Waals surface area contributed by atoms with Gasteiger partial charge in [0.25, 0.3) is 0 Å². The fraction of sp³-hybridized carbons (Fsp3) is 0.423. The molecule has 2 aromatic rings. The van der Waals surface area contributed by atoms with Crippen LogP contribution in [0.4, 0.5) is 4.79 Å². The molecule has 7 nitrogen and oxygen atoms in total. The van der Waals surface area contributed by atoms with Crippen LogP contribution in [0.3, 0.4) is 0 Å². The third-order valence-corrected chi connectivity index (χ3v) is 6.34. The Labute approximate surface area is 195 Å². The summed E-state index contributed by atoms with van der Waals surface area (Å²) >= 11 is 0. The second-order valence-electron chi connectivity index (χ2n) is 8.82. The van der Waals surface area contributed by atoms with Gasteiger partial charge in [0.2, 0.25) is 5.91 Å². The summed E-state index contributed by atoms with van der Waals surface area (Å²) in [7, 11) is 0. The summed E-state index contributed by atoms with van der Waals surface area (Å²) in [6.45, 7) is 5.98. The molecule has 2 aliphatic rings. The fourth-order valence-corrected chi connectivity index (χ4v) is 4.49. The van der Waals surface area contributed by atoms with Crippen LogP contribution in [0.2, 0.25) is 0 Å². The Bertz CT molecular complexity index is 1010. The van der Waals surface area contributed by atoms with Crippen LogP contribution >= 0.6 is 0 Å². The monoisotopic (exact) mass is 445 g/mol. The van der Waals surface area contributed by atoms with Crippen LogP contribution in [0, 0.1) is 11.3 Å². The predicted molar refractivity (Wildman–Crippen MR) is 126 cm³/mol. The van der Waals surface area contributed by atoms with Crippen LogP contribution in [0.5, 0.6) is 0 Å². The van der Waals surface area contributed by atoms with Gasteiger partial charge in [-0.25, -0.2) is 4.79 Å². The minimum atomic E-state index is -0.0321. The van der Waals surface area contributed by atoms with Crippen molar-refractivity contribution in [2.24, 2.45) is 0 Å². The van der Waals surface area contributed by atoms with Gasteiger partial charge in [-0.15, -0.1) is 0 Å². The van der Waals surface area contributed by atoms with Crippen LogP contribution in [0.15, 0.2) is 48.5 Å². The number of amides is 3. The van der Waals surface area contributed by atoms with Crippen molar-refractivity contribution in [2.45, 2.75) is 38.9 Å². The molecule has 172 valence electrons. The molecule has 7 heteroatoms.